The lowest BCUT2D eigenvalue weighted by Gasteiger charge is -2.31. The number of hydrogen-bond donors (Lipinski definition) is 7. The third-order valence-electron chi connectivity index (χ3n) is 16.3. The first-order valence-electron chi connectivity index (χ1n) is 29.7. The molecule has 0 saturated heterocycles. The smallest absolute Gasteiger partial charge is 0.333 e. The summed E-state index contributed by atoms with van der Waals surface area (Å²) in [6.07, 6.45) is 7.88. The van der Waals surface area contributed by atoms with E-state index in [1.807, 2.05) is 9.48 Å². The Hall–Kier alpha value is -6.22. The van der Waals surface area contributed by atoms with Crippen molar-refractivity contribution in [3.05, 3.63) is 118 Å². The number of carbonyl (C=O) groups is 1. The highest BCUT2D eigenvalue weighted by Gasteiger charge is 2.48. The second kappa shape index (κ2) is 30.7. The number of ether oxygens (including phenoxy) is 6. The molecule has 3 heterocycles. The molecule has 0 bridgehead atoms. The normalized spacial score (nSPS) is 18.0. The summed E-state index contributed by atoms with van der Waals surface area (Å²) in [5.74, 6) is -2.65. The van der Waals surface area contributed by atoms with Crippen molar-refractivity contribution < 1.29 is 118 Å². The Labute approximate surface area is 555 Å². The van der Waals surface area contributed by atoms with Crippen molar-refractivity contribution in [2.75, 3.05) is 104 Å². The zero-order chi connectivity index (χ0) is 69.5. The molecule has 0 radical (unpaired) electrons. The number of benzene rings is 4. The summed E-state index contributed by atoms with van der Waals surface area (Å²) in [5.41, 5.74) is 1.09. The largest absolute Gasteiger partial charge is 0.492 e. The fourth-order valence-corrected chi connectivity index (χ4v) is 15.6. The Bertz CT molecular complexity index is 4480. The number of anilines is 1. The highest BCUT2D eigenvalue weighted by molar-refractivity contribution is 7.87. The molecular formula is C61H75ClN3O25S5+. The summed E-state index contributed by atoms with van der Waals surface area (Å²) < 4.78 is 214. The van der Waals surface area contributed by atoms with E-state index in [4.69, 9.17) is 44.9 Å². The molecule has 520 valence electrons. The van der Waals surface area contributed by atoms with Gasteiger partial charge in [0.05, 0.1) is 100 Å². The third-order valence-corrected chi connectivity index (χ3v) is 21.1. The minimum absolute atomic E-state index is 0.0258. The van der Waals surface area contributed by atoms with Crippen molar-refractivity contribution in [3.63, 3.8) is 0 Å². The molecule has 0 spiro atoms. The molecule has 0 saturated carbocycles. The maximum atomic E-state index is 13.1. The van der Waals surface area contributed by atoms with Crippen LogP contribution in [0.2, 0.25) is 0 Å². The third kappa shape index (κ3) is 17.9. The second-order valence-corrected chi connectivity index (χ2v) is 30.7. The summed E-state index contributed by atoms with van der Waals surface area (Å²) >= 11 is 7.39. The molecule has 1 unspecified atom stereocenters. The predicted octanol–water partition coefficient (Wildman–Crippen LogP) is 7.22. The van der Waals surface area contributed by atoms with Crippen LogP contribution >= 0.6 is 11.6 Å². The Morgan fingerprint density at radius 2 is 1.13 bits per heavy atom. The van der Waals surface area contributed by atoms with Gasteiger partial charge in [0, 0.05) is 82.5 Å². The number of allylic oxidation sites excluding steroid dienone is 8. The average molecular weight is 1450 g/mol. The van der Waals surface area contributed by atoms with Crippen LogP contribution in [0.4, 0.5) is 11.4 Å². The van der Waals surface area contributed by atoms with Gasteiger partial charge in [0.25, 0.3) is 50.6 Å². The Kier molecular flexibility index (Phi) is 24.1. The van der Waals surface area contributed by atoms with Crippen LogP contribution in [-0.4, -0.2) is 195 Å². The summed E-state index contributed by atoms with van der Waals surface area (Å²) in [6.45, 7) is 8.65. The minimum Gasteiger partial charge on any atom is -0.492 e. The van der Waals surface area contributed by atoms with Crippen molar-refractivity contribution >= 4 is 107 Å². The van der Waals surface area contributed by atoms with Crippen LogP contribution in [0.1, 0.15) is 76.8 Å². The van der Waals surface area contributed by atoms with Crippen LogP contribution < -0.4 is 9.74 Å². The lowest BCUT2D eigenvalue weighted by molar-refractivity contribution is -0.438. The van der Waals surface area contributed by atoms with E-state index in [0.29, 0.717) is 120 Å². The molecule has 7 N–H and O–H groups in total. The SMILES string of the molecule is COCCOCCOCCOCCOCCOCCN1C(=CC=C2CCCC(C=CC3=[N+](CCCC(=O)On4c(O)ccc4O)c4ccc5c(S(=O)(=O)O)cc(S(=O)(=O)O)cc5c4C3(C)C)=C2Cl)C(C)(CCCS(=O)(=O)O)c2c1ccc1c(S(=O)(=O)O)cc(S(=O)(=O)O)cc21. The molecule has 28 nitrogen and oxygen atoms in total. The number of carbonyl (C=O) groups excluding carboxylic acids is 1. The van der Waals surface area contributed by atoms with E-state index < -0.39 is 104 Å². The molecule has 2 aliphatic heterocycles. The van der Waals surface area contributed by atoms with Gasteiger partial charge in [-0.1, -0.05) is 29.8 Å². The molecular weight excluding hydrogens is 1370 g/mol. The molecule has 0 fully saturated rings. The quantitative estimate of drug-likeness (QED) is 0.0121. The molecule has 1 aromatic heterocycles. The predicted molar refractivity (Wildman–Crippen MR) is 347 cm³/mol. The molecule has 1 atom stereocenters. The van der Waals surface area contributed by atoms with Crippen LogP contribution in [0.5, 0.6) is 11.8 Å². The highest BCUT2D eigenvalue weighted by Crippen LogP contribution is 2.55. The topological polar surface area (TPSA) is 405 Å². The van der Waals surface area contributed by atoms with Gasteiger partial charge in [0.2, 0.25) is 17.4 Å². The van der Waals surface area contributed by atoms with E-state index in [2.05, 4.69) is 0 Å². The lowest BCUT2D eigenvalue weighted by atomic mass is 9.75. The van der Waals surface area contributed by atoms with Gasteiger partial charge in [-0.05, 0) is 123 Å². The maximum Gasteiger partial charge on any atom is 0.333 e. The van der Waals surface area contributed by atoms with Crippen LogP contribution in [-0.2, 0) is 94.6 Å². The number of halogens is 1. The van der Waals surface area contributed by atoms with Gasteiger partial charge in [0.15, 0.2) is 5.71 Å². The molecule has 8 rings (SSSR count). The molecule has 3 aliphatic rings. The first-order valence-corrected chi connectivity index (χ1v) is 37.5. The number of nitrogens with zero attached hydrogens (tertiary/aromatic N) is 3. The standard InChI is InChI=1S/C61H74ClN3O25S5/c1-60(2)52(63(22-6-10-56(68)90-65-54(66)19-20-55(65)67)48-15-13-44-46(57(48)60)36-42(92(72,73)74)38-50(44)94(78,79)80)17-11-40-8-5-9-41(59(40)62)12-18-53-61(3,21-7-35-91(69,70)71)58-47-37-43(93(75,76)77)39-51(95(81,82)83)45(47)14-16-49(58)64(53)23-24-85-27-28-87-31-32-89-34-33-88-30-29-86-26-25-84-4/h11-20,36-39H,5-10,21-35H2,1-4H3,(H6-,66,67,69,70,71,72,73,74,75,76,77,78,79,80,81,82,83)/p+1. The van der Waals surface area contributed by atoms with Crippen molar-refractivity contribution in [1.29, 1.82) is 0 Å². The number of aromatic nitrogens is 1. The van der Waals surface area contributed by atoms with E-state index >= 15 is 0 Å². The van der Waals surface area contributed by atoms with E-state index in [1.165, 1.54) is 12.1 Å². The van der Waals surface area contributed by atoms with Crippen molar-refractivity contribution in [2.45, 2.75) is 96.1 Å². The lowest BCUT2D eigenvalue weighted by Crippen LogP contribution is -2.31. The zero-order valence-corrected chi connectivity index (χ0v) is 57.0. The van der Waals surface area contributed by atoms with Crippen molar-refractivity contribution in [3.8, 4) is 11.8 Å². The van der Waals surface area contributed by atoms with Gasteiger partial charge >= 0.3 is 5.97 Å². The van der Waals surface area contributed by atoms with Gasteiger partial charge in [-0.15, -0.1) is 4.73 Å². The first kappa shape index (κ1) is 74.6. The summed E-state index contributed by atoms with van der Waals surface area (Å²) in [4.78, 5) is 16.8. The summed E-state index contributed by atoms with van der Waals surface area (Å²) in [5, 5.41) is 20.3. The first-order chi connectivity index (χ1) is 44.6. The second-order valence-electron chi connectivity index (χ2n) is 23.1. The number of hydrogen-bond acceptors (Lipinski definition) is 21. The monoisotopic (exact) mass is 1440 g/mol. The number of methoxy groups -OCH3 is 1. The molecule has 1 aliphatic carbocycles. The van der Waals surface area contributed by atoms with Crippen LogP contribution in [0.15, 0.2) is 126 Å². The maximum absolute atomic E-state index is 13.1. The van der Waals surface area contributed by atoms with Gasteiger partial charge in [0.1, 0.15) is 16.3 Å². The fraction of sp³-hybridized carbons (Fsp3) is 0.443. The van der Waals surface area contributed by atoms with Crippen LogP contribution in [0, 0.1) is 0 Å². The van der Waals surface area contributed by atoms with E-state index in [9.17, 15) is 79.9 Å². The Balaban J connectivity index is 1.16. The van der Waals surface area contributed by atoms with Crippen LogP contribution in [0.3, 0.4) is 0 Å². The average Bonchev–Trinajstić information content (AvgIpc) is 1.60. The Morgan fingerprint density at radius 3 is 1.64 bits per heavy atom. The molecule has 95 heavy (non-hydrogen) atoms. The van der Waals surface area contributed by atoms with Crippen molar-refractivity contribution in [1.82, 2.24) is 4.73 Å². The van der Waals surface area contributed by atoms with E-state index in [0.717, 1.165) is 24.3 Å². The van der Waals surface area contributed by atoms with Gasteiger partial charge < -0.3 is 48.4 Å². The Morgan fingerprint density at radius 1 is 0.611 bits per heavy atom. The molecule has 34 heteroatoms. The molecule has 4 aromatic carbocycles. The van der Waals surface area contributed by atoms with Gasteiger partial charge in [-0.25, -0.2) is 4.79 Å². The van der Waals surface area contributed by atoms with Crippen molar-refractivity contribution in [2.24, 2.45) is 0 Å². The number of fused-ring (bicyclic) bond motifs is 6. The van der Waals surface area contributed by atoms with E-state index in [-0.39, 0.29) is 98.9 Å². The highest BCUT2D eigenvalue weighted by atomic mass is 35.5. The summed E-state index contributed by atoms with van der Waals surface area (Å²) in [6, 6.07) is 11.5. The molecule has 5 aromatic rings. The number of rotatable bonds is 34. The minimum atomic E-state index is -5.18. The summed E-state index contributed by atoms with van der Waals surface area (Å²) in [7, 11) is -23.5. The zero-order valence-electron chi connectivity index (χ0n) is 52.2. The fourth-order valence-electron chi connectivity index (χ4n) is 12.1. The molecule has 0 amide bonds. The van der Waals surface area contributed by atoms with Gasteiger partial charge in [-0.3, -0.25) is 22.8 Å². The number of aromatic hydroxyl groups is 2. The van der Waals surface area contributed by atoms with E-state index in [1.54, 1.807) is 64.3 Å². The van der Waals surface area contributed by atoms with Crippen LogP contribution in [0.25, 0.3) is 21.5 Å². The van der Waals surface area contributed by atoms with Gasteiger partial charge in [-0.2, -0.15) is 46.7 Å².